The molecule has 1 aromatic rings. The van der Waals surface area contributed by atoms with Crippen LogP contribution in [0.25, 0.3) is 0 Å². The van der Waals surface area contributed by atoms with Crippen molar-refractivity contribution in [1.82, 2.24) is 0 Å². The maximum absolute atomic E-state index is 12.7. The van der Waals surface area contributed by atoms with Crippen LogP contribution in [0.4, 0.5) is 13.2 Å². The van der Waals surface area contributed by atoms with Crippen LogP contribution in [0.5, 0.6) is 5.75 Å². The number of hydrogen-bond acceptors (Lipinski definition) is 3. The van der Waals surface area contributed by atoms with E-state index in [0.29, 0.717) is 0 Å². The molecule has 0 heterocycles. The molecular weight excluding hydrogens is 224 g/mol. The first-order chi connectivity index (χ1) is 7.38. The van der Waals surface area contributed by atoms with Crippen LogP contribution in [0.1, 0.15) is 12.5 Å². The van der Waals surface area contributed by atoms with Gasteiger partial charge in [0.1, 0.15) is 5.75 Å². The number of hydrogen-bond donors (Lipinski definition) is 2. The van der Waals surface area contributed by atoms with Crippen LogP contribution in [0.3, 0.4) is 0 Å². The summed E-state index contributed by atoms with van der Waals surface area (Å²) in [6.07, 6.45) is -4.69. The van der Waals surface area contributed by atoms with Crippen LogP contribution < -0.4 is 10.2 Å². The second-order valence-electron chi connectivity index (χ2n) is 3.02. The van der Waals surface area contributed by atoms with E-state index in [0.717, 1.165) is 12.1 Å². The third kappa shape index (κ3) is 2.68. The Morgan fingerprint density at radius 2 is 1.94 bits per heavy atom. The van der Waals surface area contributed by atoms with Crippen LogP contribution in [0.15, 0.2) is 18.2 Å². The Morgan fingerprint density at radius 1 is 1.31 bits per heavy atom. The predicted octanol–water partition coefficient (Wildman–Crippen LogP) is 0.784. The SMILES string of the molecule is CCOc1cccc(B(O)O)c1C(F)(F)F. The van der Waals surface area contributed by atoms with Gasteiger partial charge >= 0.3 is 13.3 Å². The molecule has 0 aromatic heterocycles. The zero-order valence-electron chi connectivity index (χ0n) is 8.45. The lowest BCUT2D eigenvalue weighted by molar-refractivity contribution is -0.138. The fourth-order valence-corrected chi connectivity index (χ4v) is 1.34. The third-order valence-corrected chi connectivity index (χ3v) is 1.92. The zero-order chi connectivity index (χ0) is 12.3. The van der Waals surface area contributed by atoms with Gasteiger partial charge in [-0.2, -0.15) is 13.2 Å². The molecular formula is C9H10BF3O3. The Bertz CT molecular complexity index is 366. The van der Waals surface area contributed by atoms with Crippen molar-refractivity contribution in [3.63, 3.8) is 0 Å². The normalized spacial score (nSPS) is 11.4. The average Bonchev–Trinajstić information content (AvgIpc) is 2.16. The van der Waals surface area contributed by atoms with Gasteiger partial charge < -0.3 is 14.8 Å². The molecule has 88 valence electrons. The van der Waals surface area contributed by atoms with E-state index in [4.69, 9.17) is 14.8 Å². The highest BCUT2D eigenvalue weighted by Gasteiger charge is 2.39. The Morgan fingerprint density at radius 3 is 2.38 bits per heavy atom. The zero-order valence-corrected chi connectivity index (χ0v) is 8.45. The first-order valence-electron chi connectivity index (χ1n) is 4.57. The molecule has 0 radical (unpaired) electrons. The van der Waals surface area contributed by atoms with Gasteiger partial charge in [0.25, 0.3) is 0 Å². The lowest BCUT2D eigenvalue weighted by atomic mass is 9.76. The number of ether oxygens (including phenoxy) is 1. The highest BCUT2D eigenvalue weighted by atomic mass is 19.4. The number of rotatable bonds is 3. The molecule has 1 aromatic carbocycles. The third-order valence-electron chi connectivity index (χ3n) is 1.92. The Labute approximate surface area is 90.6 Å². The summed E-state index contributed by atoms with van der Waals surface area (Å²) >= 11 is 0. The first kappa shape index (κ1) is 12.9. The van der Waals surface area contributed by atoms with Crippen LogP contribution in [-0.2, 0) is 6.18 Å². The molecule has 0 saturated heterocycles. The van der Waals surface area contributed by atoms with Crippen molar-refractivity contribution in [3.05, 3.63) is 23.8 Å². The summed E-state index contributed by atoms with van der Waals surface area (Å²) in [6, 6.07) is 3.41. The van der Waals surface area contributed by atoms with Gasteiger partial charge in [-0.25, -0.2) is 0 Å². The van der Waals surface area contributed by atoms with E-state index in [9.17, 15) is 13.2 Å². The van der Waals surface area contributed by atoms with Gasteiger partial charge in [0.15, 0.2) is 0 Å². The monoisotopic (exact) mass is 234 g/mol. The van der Waals surface area contributed by atoms with E-state index < -0.39 is 30.1 Å². The minimum Gasteiger partial charge on any atom is -0.493 e. The van der Waals surface area contributed by atoms with E-state index in [1.807, 2.05) is 0 Å². The molecule has 0 amide bonds. The molecule has 16 heavy (non-hydrogen) atoms. The highest BCUT2D eigenvalue weighted by Crippen LogP contribution is 2.34. The van der Waals surface area contributed by atoms with Gasteiger partial charge in [-0.1, -0.05) is 12.1 Å². The fourth-order valence-electron chi connectivity index (χ4n) is 1.34. The van der Waals surface area contributed by atoms with Gasteiger partial charge in [0, 0.05) is 0 Å². The largest absolute Gasteiger partial charge is 0.493 e. The van der Waals surface area contributed by atoms with Gasteiger partial charge in [0.2, 0.25) is 0 Å². The van der Waals surface area contributed by atoms with Crippen LogP contribution >= 0.6 is 0 Å². The summed E-state index contributed by atoms with van der Waals surface area (Å²) in [7, 11) is -2.18. The lowest BCUT2D eigenvalue weighted by Crippen LogP contribution is -2.36. The minimum absolute atomic E-state index is 0.0635. The van der Waals surface area contributed by atoms with Crippen molar-refractivity contribution in [3.8, 4) is 5.75 Å². The summed E-state index contributed by atoms with van der Waals surface area (Å²) in [5.41, 5.74) is -1.76. The maximum Gasteiger partial charge on any atom is 0.489 e. The lowest BCUT2D eigenvalue weighted by Gasteiger charge is -2.16. The van der Waals surface area contributed by atoms with Gasteiger partial charge in [0.05, 0.1) is 12.2 Å². The summed E-state index contributed by atoms with van der Waals surface area (Å²) < 4.78 is 42.9. The van der Waals surface area contributed by atoms with E-state index in [1.165, 1.54) is 6.07 Å². The van der Waals surface area contributed by atoms with E-state index in [-0.39, 0.29) is 6.61 Å². The average molecular weight is 234 g/mol. The molecule has 0 aliphatic carbocycles. The Hall–Kier alpha value is -1.21. The van der Waals surface area contributed by atoms with Crippen molar-refractivity contribution >= 4 is 12.6 Å². The second-order valence-corrected chi connectivity index (χ2v) is 3.02. The second kappa shape index (κ2) is 4.75. The molecule has 0 saturated carbocycles. The molecule has 0 aliphatic heterocycles. The topological polar surface area (TPSA) is 49.7 Å². The molecule has 0 fully saturated rings. The predicted molar refractivity (Wildman–Crippen MR) is 52.4 cm³/mol. The molecule has 0 unspecified atom stereocenters. The quantitative estimate of drug-likeness (QED) is 0.760. The molecule has 2 N–H and O–H groups in total. The van der Waals surface area contributed by atoms with E-state index in [1.54, 1.807) is 6.92 Å². The van der Waals surface area contributed by atoms with Crippen LogP contribution in [0.2, 0.25) is 0 Å². The summed E-state index contributed by atoms with van der Waals surface area (Å²) in [4.78, 5) is 0. The smallest absolute Gasteiger partial charge is 0.489 e. The van der Waals surface area contributed by atoms with Crippen molar-refractivity contribution in [2.45, 2.75) is 13.1 Å². The molecule has 0 spiro atoms. The number of benzene rings is 1. The highest BCUT2D eigenvalue weighted by molar-refractivity contribution is 6.59. The van der Waals surface area contributed by atoms with Crippen molar-refractivity contribution in [1.29, 1.82) is 0 Å². The fraction of sp³-hybridized carbons (Fsp3) is 0.333. The number of halogens is 3. The van der Waals surface area contributed by atoms with E-state index >= 15 is 0 Å². The Kier molecular flexibility index (Phi) is 3.82. The Balaban J connectivity index is 3.35. The van der Waals surface area contributed by atoms with Gasteiger partial charge in [-0.15, -0.1) is 0 Å². The standard InChI is InChI=1S/C9H10BF3O3/c1-2-16-7-5-3-4-6(10(14)15)8(7)9(11,12)13/h3-5,14-15H,2H2,1H3. The summed E-state index contributed by atoms with van der Waals surface area (Å²) in [6.45, 7) is 1.61. The summed E-state index contributed by atoms with van der Waals surface area (Å²) in [5.74, 6) is -0.402. The molecule has 0 bridgehead atoms. The van der Waals surface area contributed by atoms with Crippen LogP contribution in [0, 0.1) is 0 Å². The molecule has 1 rings (SSSR count). The molecule has 3 nitrogen and oxygen atoms in total. The van der Waals surface area contributed by atoms with Gasteiger partial charge in [-0.3, -0.25) is 0 Å². The maximum atomic E-state index is 12.7. The first-order valence-corrected chi connectivity index (χ1v) is 4.57. The van der Waals surface area contributed by atoms with Crippen molar-refractivity contribution < 1.29 is 28.0 Å². The van der Waals surface area contributed by atoms with Crippen LogP contribution in [-0.4, -0.2) is 23.8 Å². The van der Waals surface area contributed by atoms with E-state index in [2.05, 4.69) is 0 Å². The minimum atomic E-state index is -4.69. The molecule has 0 aliphatic rings. The summed E-state index contributed by atoms with van der Waals surface area (Å²) in [5, 5.41) is 17.7. The van der Waals surface area contributed by atoms with Crippen molar-refractivity contribution in [2.24, 2.45) is 0 Å². The number of alkyl halides is 3. The molecule has 7 heteroatoms. The molecule has 0 atom stereocenters. The van der Waals surface area contributed by atoms with Crippen molar-refractivity contribution in [2.75, 3.05) is 6.61 Å². The van der Waals surface area contributed by atoms with Gasteiger partial charge in [-0.05, 0) is 18.5 Å².